The Hall–Kier alpha value is -0.610. The molecule has 4 nitrogen and oxygen atoms in total. The van der Waals surface area contributed by atoms with Crippen molar-refractivity contribution in [3.8, 4) is 0 Å². The molecule has 2 rings (SSSR count). The van der Waals surface area contributed by atoms with E-state index in [2.05, 4.69) is 37.6 Å². The van der Waals surface area contributed by atoms with E-state index >= 15 is 0 Å². The Morgan fingerprint density at radius 3 is 2.55 bits per heavy atom. The second-order valence-corrected chi connectivity index (χ2v) is 6.89. The summed E-state index contributed by atoms with van der Waals surface area (Å²) in [5.74, 6) is 0.813. The van der Waals surface area contributed by atoms with Gasteiger partial charge in [-0.1, -0.05) is 13.3 Å². The molecular formula is C16H31N3O. The number of rotatable bonds is 4. The predicted octanol–water partition coefficient (Wildman–Crippen LogP) is 1.83. The molecule has 1 saturated heterocycles. The van der Waals surface area contributed by atoms with E-state index in [-0.39, 0.29) is 11.9 Å². The Balaban J connectivity index is 2.02. The minimum atomic E-state index is -0.247. The summed E-state index contributed by atoms with van der Waals surface area (Å²) in [5, 5.41) is 0. The highest BCUT2D eigenvalue weighted by atomic mass is 16.2. The first kappa shape index (κ1) is 15.8. The van der Waals surface area contributed by atoms with Gasteiger partial charge >= 0.3 is 0 Å². The van der Waals surface area contributed by atoms with E-state index < -0.39 is 0 Å². The highest BCUT2D eigenvalue weighted by molar-refractivity contribution is 5.84. The van der Waals surface area contributed by atoms with Crippen LogP contribution in [0.2, 0.25) is 0 Å². The molecule has 1 aliphatic heterocycles. The molecule has 2 aliphatic rings. The molecule has 116 valence electrons. The summed E-state index contributed by atoms with van der Waals surface area (Å²) in [6, 6.07) is 1.44. The second kappa shape index (κ2) is 6.44. The van der Waals surface area contributed by atoms with Crippen molar-refractivity contribution in [1.82, 2.24) is 9.80 Å². The van der Waals surface area contributed by atoms with Gasteiger partial charge in [0.05, 0.1) is 6.04 Å². The molecule has 1 amide bonds. The van der Waals surface area contributed by atoms with Crippen LogP contribution in [0.5, 0.6) is 0 Å². The predicted molar refractivity (Wildman–Crippen MR) is 82.4 cm³/mol. The molecular weight excluding hydrogens is 250 g/mol. The highest BCUT2D eigenvalue weighted by Gasteiger charge is 2.40. The number of hydrogen-bond acceptors (Lipinski definition) is 3. The molecule has 2 fully saturated rings. The first-order chi connectivity index (χ1) is 9.45. The van der Waals surface area contributed by atoms with Crippen molar-refractivity contribution in [2.45, 2.75) is 77.0 Å². The molecule has 2 N–H and O–H groups in total. The van der Waals surface area contributed by atoms with Crippen LogP contribution in [0.15, 0.2) is 0 Å². The monoisotopic (exact) mass is 281 g/mol. The summed E-state index contributed by atoms with van der Waals surface area (Å²) in [6.45, 7) is 7.65. The van der Waals surface area contributed by atoms with Gasteiger partial charge in [0.2, 0.25) is 5.91 Å². The molecule has 0 spiro atoms. The summed E-state index contributed by atoms with van der Waals surface area (Å²) in [6.07, 6.45) is 5.55. The molecule has 0 aromatic rings. The van der Waals surface area contributed by atoms with Gasteiger partial charge in [-0.15, -0.1) is 0 Å². The molecule has 0 aromatic carbocycles. The van der Waals surface area contributed by atoms with Crippen LogP contribution in [0.3, 0.4) is 0 Å². The van der Waals surface area contributed by atoms with Gasteiger partial charge in [0, 0.05) is 24.7 Å². The second-order valence-electron chi connectivity index (χ2n) is 6.89. The smallest absolute Gasteiger partial charge is 0.239 e. The van der Waals surface area contributed by atoms with Crippen molar-refractivity contribution in [3.63, 3.8) is 0 Å². The maximum Gasteiger partial charge on any atom is 0.239 e. The van der Waals surface area contributed by atoms with Gasteiger partial charge in [-0.3, -0.25) is 4.79 Å². The molecule has 4 atom stereocenters. The molecule has 0 radical (unpaired) electrons. The lowest BCUT2D eigenvalue weighted by Crippen LogP contribution is -2.50. The number of likely N-dealkylation sites (tertiary alicyclic amines) is 1. The minimum absolute atomic E-state index is 0.184. The van der Waals surface area contributed by atoms with Crippen LogP contribution >= 0.6 is 0 Å². The van der Waals surface area contributed by atoms with Crippen LogP contribution in [0.1, 0.15) is 52.9 Å². The Bertz CT molecular complexity index is 345. The SMILES string of the molecule is CC[C@@H]1C[C@H](N(C)C(C)C)CC[C@@H]1N1CC[C@H](N)C1=O. The fourth-order valence-corrected chi connectivity index (χ4v) is 3.92. The van der Waals surface area contributed by atoms with Gasteiger partial charge in [-0.05, 0) is 52.5 Å². The van der Waals surface area contributed by atoms with Crippen molar-refractivity contribution >= 4 is 5.91 Å². The van der Waals surface area contributed by atoms with Crippen LogP contribution < -0.4 is 5.73 Å². The summed E-state index contributed by atoms with van der Waals surface area (Å²) in [7, 11) is 2.24. The number of hydrogen-bond donors (Lipinski definition) is 1. The number of nitrogens with two attached hydrogens (primary N) is 1. The molecule has 1 aliphatic carbocycles. The number of carbonyl (C=O) groups is 1. The zero-order valence-corrected chi connectivity index (χ0v) is 13.5. The lowest BCUT2D eigenvalue weighted by atomic mass is 9.78. The van der Waals surface area contributed by atoms with Crippen molar-refractivity contribution in [2.24, 2.45) is 11.7 Å². The van der Waals surface area contributed by atoms with Gasteiger partial charge in [-0.25, -0.2) is 0 Å². The van der Waals surface area contributed by atoms with Crippen molar-refractivity contribution in [1.29, 1.82) is 0 Å². The van der Waals surface area contributed by atoms with Gasteiger partial charge in [0.1, 0.15) is 0 Å². The normalized spacial score (nSPS) is 35.4. The third-order valence-electron chi connectivity index (χ3n) is 5.51. The molecule has 0 aromatic heterocycles. The molecule has 4 heteroatoms. The summed E-state index contributed by atoms with van der Waals surface area (Å²) in [5.41, 5.74) is 5.88. The van der Waals surface area contributed by atoms with E-state index in [1.54, 1.807) is 0 Å². The fourth-order valence-electron chi connectivity index (χ4n) is 3.92. The van der Waals surface area contributed by atoms with Gasteiger partial charge in [-0.2, -0.15) is 0 Å². The summed E-state index contributed by atoms with van der Waals surface area (Å²) in [4.78, 5) is 16.8. The zero-order valence-electron chi connectivity index (χ0n) is 13.5. The highest BCUT2D eigenvalue weighted by Crippen LogP contribution is 2.35. The quantitative estimate of drug-likeness (QED) is 0.855. The first-order valence-electron chi connectivity index (χ1n) is 8.23. The van der Waals surface area contributed by atoms with Crippen LogP contribution in [0.4, 0.5) is 0 Å². The lowest BCUT2D eigenvalue weighted by molar-refractivity contribution is -0.132. The van der Waals surface area contributed by atoms with E-state index in [1.807, 2.05) is 0 Å². The van der Waals surface area contributed by atoms with Crippen LogP contribution in [-0.4, -0.2) is 53.5 Å². The molecule has 1 heterocycles. The van der Waals surface area contributed by atoms with E-state index in [1.165, 1.54) is 12.8 Å². The maximum absolute atomic E-state index is 12.2. The Kier molecular flexibility index (Phi) is 5.08. The van der Waals surface area contributed by atoms with Gasteiger partial charge in [0.25, 0.3) is 0 Å². The molecule has 0 bridgehead atoms. The standard InChI is InChI=1S/C16H31N3O/c1-5-12-10-13(18(4)11(2)3)6-7-15(12)19-9-8-14(17)16(19)20/h11-15H,5-10,17H2,1-4H3/t12-,13-,14+,15+/m1/s1. The van der Waals surface area contributed by atoms with Crippen molar-refractivity contribution in [2.75, 3.05) is 13.6 Å². The molecule has 20 heavy (non-hydrogen) atoms. The molecule has 1 saturated carbocycles. The summed E-state index contributed by atoms with van der Waals surface area (Å²) < 4.78 is 0. The van der Waals surface area contributed by atoms with Crippen LogP contribution in [0, 0.1) is 5.92 Å². The Morgan fingerprint density at radius 2 is 2.05 bits per heavy atom. The zero-order chi connectivity index (χ0) is 14.9. The third-order valence-corrected chi connectivity index (χ3v) is 5.51. The topological polar surface area (TPSA) is 49.6 Å². The minimum Gasteiger partial charge on any atom is -0.338 e. The van der Waals surface area contributed by atoms with Crippen LogP contribution in [-0.2, 0) is 4.79 Å². The lowest BCUT2D eigenvalue weighted by Gasteiger charge is -2.44. The Morgan fingerprint density at radius 1 is 1.35 bits per heavy atom. The third kappa shape index (κ3) is 3.01. The average molecular weight is 281 g/mol. The van der Waals surface area contributed by atoms with Crippen molar-refractivity contribution < 1.29 is 4.79 Å². The van der Waals surface area contributed by atoms with E-state index in [9.17, 15) is 4.79 Å². The largest absolute Gasteiger partial charge is 0.338 e. The van der Waals surface area contributed by atoms with Gasteiger partial charge < -0.3 is 15.5 Å². The first-order valence-corrected chi connectivity index (χ1v) is 8.23. The average Bonchev–Trinajstić information content (AvgIpc) is 2.77. The van der Waals surface area contributed by atoms with Gasteiger partial charge in [0.15, 0.2) is 0 Å². The van der Waals surface area contributed by atoms with E-state index in [0.29, 0.717) is 24.0 Å². The number of nitrogens with zero attached hydrogens (tertiary/aromatic N) is 2. The van der Waals surface area contributed by atoms with E-state index in [4.69, 9.17) is 5.73 Å². The summed E-state index contributed by atoms with van der Waals surface area (Å²) >= 11 is 0. The van der Waals surface area contributed by atoms with Crippen molar-refractivity contribution in [3.05, 3.63) is 0 Å². The maximum atomic E-state index is 12.2. The van der Waals surface area contributed by atoms with E-state index in [0.717, 1.165) is 25.8 Å². The van der Waals surface area contributed by atoms with Crippen LogP contribution in [0.25, 0.3) is 0 Å². The fraction of sp³-hybridized carbons (Fsp3) is 0.938. The number of amides is 1. The number of carbonyl (C=O) groups excluding carboxylic acids is 1. The Labute approximate surface area is 123 Å². The molecule has 0 unspecified atom stereocenters.